The monoisotopic (exact) mass is 304 g/mol. The van der Waals surface area contributed by atoms with Crippen LogP contribution in [0.5, 0.6) is 0 Å². The Labute approximate surface area is 133 Å². The molecule has 0 spiro atoms. The highest BCUT2D eigenvalue weighted by Gasteiger charge is 2.21. The van der Waals surface area contributed by atoms with Crippen LogP contribution in [-0.4, -0.2) is 38.8 Å². The van der Waals surface area contributed by atoms with E-state index in [2.05, 4.69) is 21.0 Å². The lowest BCUT2D eigenvalue weighted by molar-refractivity contribution is 0.0767. The van der Waals surface area contributed by atoms with Crippen molar-refractivity contribution < 1.29 is 4.79 Å². The van der Waals surface area contributed by atoms with E-state index < -0.39 is 0 Å². The number of hydrogen-bond acceptors (Lipinski definition) is 3. The molecule has 1 amide bonds. The lowest BCUT2D eigenvalue weighted by Gasteiger charge is -2.26. The smallest absolute Gasteiger partial charge is 0.272 e. The third-order valence-electron chi connectivity index (χ3n) is 4.16. The second-order valence-electron chi connectivity index (χ2n) is 5.55. The maximum Gasteiger partial charge on any atom is 0.272 e. The molecule has 4 rings (SSSR count). The Morgan fingerprint density at radius 1 is 1.13 bits per heavy atom. The fourth-order valence-corrected chi connectivity index (χ4v) is 2.95. The standard InChI is InChI=1S/C18H16N4O/c23-18(16-4-1-2-8-19-16)22-10-6-13(7-11-22)14-12-21-15-5-3-9-20-17(14)15/h1-6,8-9,12,21H,7,10-11H2. The van der Waals surface area contributed by atoms with Gasteiger partial charge in [-0.05, 0) is 36.3 Å². The van der Waals surface area contributed by atoms with Crippen LogP contribution in [0.25, 0.3) is 16.6 Å². The largest absolute Gasteiger partial charge is 0.359 e. The number of fused-ring (bicyclic) bond motifs is 1. The van der Waals surface area contributed by atoms with E-state index >= 15 is 0 Å². The van der Waals surface area contributed by atoms with E-state index in [1.54, 1.807) is 18.5 Å². The topological polar surface area (TPSA) is 61.9 Å². The average molecular weight is 304 g/mol. The molecular formula is C18H16N4O. The maximum absolute atomic E-state index is 12.4. The highest BCUT2D eigenvalue weighted by molar-refractivity contribution is 5.94. The van der Waals surface area contributed by atoms with Gasteiger partial charge in [-0.1, -0.05) is 12.1 Å². The summed E-state index contributed by atoms with van der Waals surface area (Å²) < 4.78 is 0. The van der Waals surface area contributed by atoms with Gasteiger partial charge in [0.2, 0.25) is 0 Å². The lowest BCUT2D eigenvalue weighted by atomic mass is 10.0. The van der Waals surface area contributed by atoms with Crippen molar-refractivity contribution >= 4 is 22.5 Å². The molecule has 0 aliphatic carbocycles. The first-order valence-electron chi connectivity index (χ1n) is 7.65. The molecule has 1 aliphatic heterocycles. The van der Waals surface area contributed by atoms with Gasteiger partial charge in [-0.25, -0.2) is 0 Å². The second-order valence-corrected chi connectivity index (χ2v) is 5.55. The normalized spacial score (nSPS) is 14.8. The zero-order valence-corrected chi connectivity index (χ0v) is 12.6. The molecule has 0 radical (unpaired) electrons. The Balaban J connectivity index is 1.56. The minimum Gasteiger partial charge on any atom is -0.359 e. The minimum atomic E-state index is -0.0158. The lowest BCUT2D eigenvalue weighted by Crippen LogP contribution is -2.35. The number of aromatic amines is 1. The van der Waals surface area contributed by atoms with Gasteiger partial charge >= 0.3 is 0 Å². The molecule has 0 fully saturated rings. The van der Waals surface area contributed by atoms with E-state index in [-0.39, 0.29) is 5.91 Å². The number of carbonyl (C=O) groups excluding carboxylic acids is 1. The highest BCUT2D eigenvalue weighted by Crippen LogP contribution is 2.28. The van der Waals surface area contributed by atoms with Crippen LogP contribution in [0.2, 0.25) is 0 Å². The number of pyridine rings is 2. The number of H-pyrrole nitrogens is 1. The van der Waals surface area contributed by atoms with E-state index in [0.29, 0.717) is 18.8 Å². The van der Waals surface area contributed by atoms with Crippen molar-refractivity contribution in [2.24, 2.45) is 0 Å². The summed E-state index contributed by atoms with van der Waals surface area (Å²) in [5, 5.41) is 0. The zero-order chi connectivity index (χ0) is 15.6. The van der Waals surface area contributed by atoms with E-state index in [1.807, 2.05) is 35.4 Å². The number of hydrogen-bond donors (Lipinski definition) is 1. The van der Waals surface area contributed by atoms with Gasteiger partial charge in [0.25, 0.3) is 5.91 Å². The Hall–Kier alpha value is -2.95. The van der Waals surface area contributed by atoms with E-state index in [4.69, 9.17) is 0 Å². The number of aromatic nitrogens is 3. The Bertz CT molecular complexity index is 882. The maximum atomic E-state index is 12.4. The molecule has 5 heteroatoms. The summed E-state index contributed by atoms with van der Waals surface area (Å²) in [5.41, 5.74) is 4.89. The van der Waals surface area contributed by atoms with E-state index in [0.717, 1.165) is 23.0 Å². The van der Waals surface area contributed by atoms with Crippen LogP contribution in [0.4, 0.5) is 0 Å². The van der Waals surface area contributed by atoms with Gasteiger partial charge in [0, 0.05) is 37.2 Å². The molecule has 23 heavy (non-hydrogen) atoms. The van der Waals surface area contributed by atoms with Crippen molar-refractivity contribution in [2.45, 2.75) is 6.42 Å². The van der Waals surface area contributed by atoms with Crippen LogP contribution in [0.3, 0.4) is 0 Å². The molecule has 0 unspecified atom stereocenters. The van der Waals surface area contributed by atoms with Crippen LogP contribution in [0.15, 0.2) is 55.0 Å². The summed E-state index contributed by atoms with van der Waals surface area (Å²) in [7, 11) is 0. The van der Waals surface area contributed by atoms with Crippen molar-refractivity contribution in [1.82, 2.24) is 19.9 Å². The first-order chi connectivity index (χ1) is 11.3. The first-order valence-corrected chi connectivity index (χ1v) is 7.65. The van der Waals surface area contributed by atoms with Crippen molar-refractivity contribution in [3.8, 4) is 0 Å². The van der Waals surface area contributed by atoms with Crippen LogP contribution < -0.4 is 0 Å². The molecule has 0 saturated carbocycles. The Morgan fingerprint density at radius 2 is 2.04 bits per heavy atom. The van der Waals surface area contributed by atoms with Crippen LogP contribution in [0, 0.1) is 0 Å². The van der Waals surface area contributed by atoms with Gasteiger partial charge in [-0.2, -0.15) is 0 Å². The predicted octanol–water partition coefficient (Wildman–Crippen LogP) is 2.89. The van der Waals surface area contributed by atoms with Crippen molar-refractivity contribution in [3.05, 3.63) is 66.3 Å². The van der Waals surface area contributed by atoms with Gasteiger partial charge in [-0.15, -0.1) is 0 Å². The average Bonchev–Trinajstić information content (AvgIpc) is 3.06. The molecule has 5 nitrogen and oxygen atoms in total. The zero-order valence-electron chi connectivity index (χ0n) is 12.6. The molecule has 1 N–H and O–H groups in total. The van der Waals surface area contributed by atoms with Crippen LogP contribution in [0.1, 0.15) is 22.5 Å². The number of amides is 1. The molecule has 0 atom stereocenters. The van der Waals surface area contributed by atoms with Gasteiger partial charge in [-0.3, -0.25) is 14.8 Å². The number of nitrogens with zero attached hydrogens (tertiary/aromatic N) is 3. The van der Waals surface area contributed by atoms with Crippen LogP contribution in [-0.2, 0) is 0 Å². The summed E-state index contributed by atoms with van der Waals surface area (Å²) in [4.78, 5) is 26.1. The van der Waals surface area contributed by atoms with Gasteiger partial charge in [0.1, 0.15) is 5.69 Å². The predicted molar refractivity (Wildman–Crippen MR) is 88.8 cm³/mol. The van der Waals surface area contributed by atoms with Gasteiger partial charge in [0.05, 0.1) is 11.0 Å². The van der Waals surface area contributed by atoms with Crippen LogP contribution >= 0.6 is 0 Å². The fourth-order valence-electron chi connectivity index (χ4n) is 2.95. The summed E-state index contributed by atoms with van der Waals surface area (Å²) >= 11 is 0. The van der Waals surface area contributed by atoms with Gasteiger partial charge < -0.3 is 9.88 Å². The highest BCUT2D eigenvalue weighted by atomic mass is 16.2. The van der Waals surface area contributed by atoms with E-state index in [1.165, 1.54) is 5.57 Å². The van der Waals surface area contributed by atoms with Gasteiger partial charge in [0.15, 0.2) is 0 Å². The third-order valence-corrected chi connectivity index (χ3v) is 4.16. The molecule has 3 aromatic rings. The number of nitrogens with one attached hydrogen (secondary N) is 1. The Kier molecular flexibility index (Phi) is 3.38. The number of rotatable bonds is 2. The molecule has 0 bridgehead atoms. The van der Waals surface area contributed by atoms with E-state index in [9.17, 15) is 4.79 Å². The molecule has 0 aromatic carbocycles. The summed E-state index contributed by atoms with van der Waals surface area (Å²) in [6, 6.07) is 9.35. The molecule has 3 aromatic heterocycles. The summed E-state index contributed by atoms with van der Waals surface area (Å²) in [5.74, 6) is -0.0158. The SMILES string of the molecule is O=C(c1ccccn1)N1CC=C(c2c[nH]c3cccnc23)CC1. The molecule has 0 saturated heterocycles. The van der Waals surface area contributed by atoms with Crippen molar-refractivity contribution in [1.29, 1.82) is 0 Å². The second kappa shape index (κ2) is 5.68. The fraction of sp³-hybridized carbons (Fsp3) is 0.167. The summed E-state index contributed by atoms with van der Waals surface area (Å²) in [6.45, 7) is 1.30. The first kappa shape index (κ1) is 13.7. The Morgan fingerprint density at radius 3 is 2.83 bits per heavy atom. The minimum absolute atomic E-state index is 0.0158. The molecule has 114 valence electrons. The molecule has 4 heterocycles. The molecular weight excluding hydrogens is 288 g/mol. The quantitative estimate of drug-likeness (QED) is 0.792. The third kappa shape index (κ3) is 2.50. The molecule has 1 aliphatic rings. The van der Waals surface area contributed by atoms with Crippen molar-refractivity contribution in [2.75, 3.05) is 13.1 Å². The summed E-state index contributed by atoms with van der Waals surface area (Å²) in [6.07, 6.45) is 8.39. The van der Waals surface area contributed by atoms with Crippen molar-refractivity contribution in [3.63, 3.8) is 0 Å². The number of carbonyl (C=O) groups is 1.